The van der Waals surface area contributed by atoms with E-state index in [0.29, 0.717) is 36.3 Å². The molecule has 0 unspecified atom stereocenters. The number of hydrogen-bond donors (Lipinski definition) is 1. The van der Waals surface area contributed by atoms with Gasteiger partial charge in [0.05, 0.1) is 17.9 Å². The Bertz CT molecular complexity index is 460. The molecule has 1 fully saturated rings. The Kier molecular flexibility index (Phi) is 4.19. The summed E-state index contributed by atoms with van der Waals surface area (Å²) in [5, 5.41) is 0. The molecule has 18 heavy (non-hydrogen) atoms. The van der Waals surface area contributed by atoms with Gasteiger partial charge in [0, 0.05) is 24.2 Å². The average molecular weight is 317 g/mol. The summed E-state index contributed by atoms with van der Waals surface area (Å²) >= 11 is 3.19. The van der Waals surface area contributed by atoms with Crippen molar-refractivity contribution >= 4 is 27.5 Å². The number of nitrogens with zero attached hydrogens (tertiary/aromatic N) is 1. The molecule has 0 atom stereocenters. The van der Waals surface area contributed by atoms with E-state index in [1.165, 1.54) is 12.1 Å². The third-order valence-corrected chi connectivity index (χ3v) is 3.48. The van der Waals surface area contributed by atoms with Gasteiger partial charge in [-0.2, -0.15) is 0 Å². The smallest absolute Gasteiger partial charge is 0.255 e. The van der Waals surface area contributed by atoms with E-state index in [-0.39, 0.29) is 11.6 Å². The Hall–Kier alpha value is -1.14. The second-order valence-electron chi connectivity index (χ2n) is 4.11. The molecule has 1 amide bonds. The molecule has 1 aliphatic heterocycles. The van der Waals surface area contributed by atoms with E-state index in [1.807, 2.05) is 0 Å². The Balaban J connectivity index is 2.24. The van der Waals surface area contributed by atoms with Crippen LogP contribution in [0, 0.1) is 5.82 Å². The fraction of sp³-hybridized carbons (Fsp3) is 0.417. The second-order valence-corrected chi connectivity index (χ2v) is 4.97. The molecule has 1 heterocycles. The molecule has 98 valence electrons. The number of nitrogens with two attached hydrogens (primary N) is 1. The molecule has 0 aromatic heterocycles. The van der Waals surface area contributed by atoms with Crippen molar-refractivity contribution in [1.29, 1.82) is 0 Å². The van der Waals surface area contributed by atoms with Crippen LogP contribution in [0.25, 0.3) is 0 Å². The first-order valence-corrected chi connectivity index (χ1v) is 6.50. The molecule has 0 saturated carbocycles. The van der Waals surface area contributed by atoms with E-state index in [1.54, 1.807) is 4.90 Å². The van der Waals surface area contributed by atoms with Gasteiger partial charge >= 0.3 is 0 Å². The van der Waals surface area contributed by atoms with E-state index in [2.05, 4.69) is 15.9 Å². The van der Waals surface area contributed by atoms with Gasteiger partial charge in [-0.1, -0.05) is 0 Å². The SMILES string of the molecule is Nc1cc(C(=O)N2CCCOCC2)c(Br)cc1F. The highest BCUT2D eigenvalue weighted by molar-refractivity contribution is 9.10. The highest BCUT2D eigenvalue weighted by Crippen LogP contribution is 2.24. The molecular formula is C12H14BrFN2O2. The minimum atomic E-state index is -0.530. The minimum absolute atomic E-state index is 0.0207. The Morgan fingerprint density at radius 1 is 1.39 bits per heavy atom. The third kappa shape index (κ3) is 2.81. The van der Waals surface area contributed by atoms with Gasteiger partial charge in [0.15, 0.2) is 0 Å². The van der Waals surface area contributed by atoms with Gasteiger partial charge in [0.1, 0.15) is 5.82 Å². The molecule has 0 radical (unpaired) electrons. The summed E-state index contributed by atoms with van der Waals surface area (Å²) in [4.78, 5) is 14.0. The number of carbonyl (C=O) groups excluding carboxylic acids is 1. The zero-order valence-corrected chi connectivity index (χ0v) is 11.4. The number of carbonyl (C=O) groups is 1. The Morgan fingerprint density at radius 3 is 2.94 bits per heavy atom. The standard InChI is InChI=1S/C12H14BrFN2O2/c13-9-7-10(14)11(15)6-8(9)12(17)16-2-1-4-18-5-3-16/h6-7H,1-5,15H2. The molecule has 2 rings (SSSR count). The van der Waals surface area contributed by atoms with E-state index in [4.69, 9.17) is 10.5 Å². The van der Waals surface area contributed by atoms with Crippen LogP contribution in [0.5, 0.6) is 0 Å². The Morgan fingerprint density at radius 2 is 2.17 bits per heavy atom. The molecule has 6 heteroatoms. The van der Waals surface area contributed by atoms with Gasteiger partial charge in [-0.3, -0.25) is 4.79 Å². The largest absolute Gasteiger partial charge is 0.396 e. The van der Waals surface area contributed by atoms with Crippen molar-refractivity contribution < 1.29 is 13.9 Å². The van der Waals surface area contributed by atoms with E-state index in [0.717, 1.165) is 6.42 Å². The lowest BCUT2D eigenvalue weighted by atomic mass is 10.1. The average Bonchev–Trinajstić information content (AvgIpc) is 2.61. The third-order valence-electron chi connectivity index (χ3n) is 2.83. The van der Waals surface area contributed by atoms with Crippen molar-refractivity contribution in [2.45, 2.75) is 6.42 Å². The van der Waals surface area contributed by atoms with Crippen LogP contribution in [0.2, 0.25) is 0 Å². The van der Waals surface area contributed by atoms with Crippen molar-refractivity contribution in [2.24, 2.45) is 0 Å². The number of rotatable bonds is 1. The van der Waals surface area contributed by atoms with Crippen LogP contribution in [-0.2, 0) is 4.74 Å². The summed E-state index contributed by atoms with van der Waals surface area (Å²) in [5.74, 6) is -0.684. The first-order chi connectivity index (χ1) is 8.59. The molecule has 1 saturated heterocycles. The monoisotopic (exact) mass is 316 g/mol. The molecule has 1 aliphatic rings. The van der Waals surface area contributed by atoms with Crippen LogP contribution in [0.15, 0.2) is 16.6 Å². The van der Waals surface area contributed by atoms with Crippen LogP contribution in [-0.4, -0.2) is 37.1 Å². The van der Waals surface area contributed by atoms with Gasteiger partial charge in [-0.25, -0.2) is 4.39 Å². The fourth-order valence-corrected chi connectivity index (χ4v) is 2.33. The lowest BCUT2D eigenvalue weighted by molar-refractivity contribution is 0.0740. The molecule has 0 aliphatic carbocycles. The summed E-state index contributed by atoms with van der Waals surface area (Å²) in [6.45, 7) is 2.38. The maximum atomic E-state index is 13.2. The topological polar surface area (TPSA) is 55.6 Å². The summed E-state index contributed by atoms with van der Waals surface area (Å²) in [6.07, 6.45) is 0.806. The zero-order chi connectivity index (χ0) is 13.1. The lowest BCUT2D eigenvalue weighted by Crippen LogP contribution is -2.33. The summed E-state index contributed by atoms with van der Waals surface area (Å²) in [6, 6.07) is 2.59. The second kappa shape index (κ2) is 5.67. The van der Waals surface area contributed by atoms with Gasteiger partial charge < -0.3 is 15.4 Å². The lowest BCUT2D eigenvalue weighted by Gasteiger charge is -2.20. The van der Waals surface area contributed by atoms with E-state index >= 15 is 0 Å². The first-order valence-electron chi connectivity index (χ1n) is 5.71. The molecular weight excluding hydrogens is 303 g/mol. The first kappa shape index (κ1) is 13.3. The number of benzene rings is 1. The van der Waals surface area contributed by atoms with Crippen LogP contribution in [0.1, 0.15) is 16.8 Å². The molecule has 0 bridgehead atoms. The molecule has 2 N–H and O–H groups in total. The van der Waals surface area contributed by atoms with Crippen LogP contribution < -0.4 is 5.73 Å². The van der Waals surface area contributed by atoms with E-state index in [9.17, 15) is 9.18 Å². The number of amides is 1. The van der Waals surface area contributed by atoms with Crippen LogP contribution >= 0.6 is 15.9 Å². The molecule has 0 spiro atoms. The highest BCUT2D eigenvalue weighted by atomic mass is 79.9. The van der Waals surface area contributed by atoms with Gasteiger partial charge in [-0.05, 0) is 34.5 Å². The van der Waals surface area contributed by atoms with Gasteiger partial charge in [-0.15, -0.1) is 0 Å². The van der Waals surface area contributed by atoms with Crippen molar-refractivity contribution in [3.05, 3.63) is 28.0 Å². The van der Waals surface area contributed by atoms with Crippen molar-refractivity contribution in [2.75, 3.05) is 32.0 Å². The van der Waals surface area contributed by atoms with Gasteiger partial charge in [0.25, 0.3) is 5.91 Å². The number of ether oxygens (including phenoxy) is 1. The molecule has 4 nitrogen and oxygen atoms in total. The molecule has 1 aromatic carbocycles. The van der Waals surface area contributed by atoms with E-state index < -0.39 is 5.82 Å². The van der Waals surface area contributed by atoms with Crippen LogP contribution in [0.3, 0.4) is 0 Å². The number of hydrogen-bond acceptors (Lipinski definition) is 3. The van der Waals surface area contributed by atoms with Gasteiger partial charge in [0.2, 0.25) is 0 Å². The maximum Gasteiger partial charge on any atom is 0.255 e. The Labute approximate surface area is 113 Å². The summed E-state index contributed by atoms with van der Waals surface area (Å²) in [5.41, 5.74) is 5.86. The van der Waals surface area contributed by atoms with Crippen molar-refractivity contribution in [3.63, 3.8) is 0 Å². The minimum Gasteiger partial charge on any atom is -0.396 e. The van der Waals surface area contributed by atoms with Crippen LogP contribution in [0.4, 0.5) is 10.1 Å². The number of halogens is 2. The quantitative estimate of drug-likeness (QED) is 0.807. The summed E-state index contributed by atoms with van der Waals surface area (Å²) < 4.78 is 18.9. The number of nitrogen functional groups attached to an aromatic ring is 1. The molecule has 1 aromatic rings. The predicted octanol–water partition coefficient (Wildman–Crippen LogP) is 2.03. The maximum absolute atomic E-state index is 13.2. The van der Waals surface area contributed by atoms with Crippen molar-refractivity contribution in [1.82, 2.24) is 4.90 Å². The fourth-order valence-electron chi connectivity index (χ4n) is 1.85. The zero-order valence-electron chi connectivity index (χ0n) is 9.79. The normalized spacial score (nSPS) is 16.4. The highest BCUT2D eigenvalue weighted by Gasteiger charge is 2.20. The number of anilines is 1. The summed E-state index contributed by atoms with van der Waals surface area (Å²) in [7, 11) is 0. The van der Waals surface area contributed by atoms with Crippen molar-refractivity contribution in [3.8, 4) is 0 Å². The predicted molar refractivity (Wildman–Crippen MR) is 69.9 cm³/mol.